The van der Waals surface area contributed by atoms with E-state index in [1.54, 1.807) is 0 Å². The largest absolute Gasteiger partial charge is 0.489 e. The maximum absolute atomic E-state index is 9.60. The van der Waals surface area contributed by atoms with Gasteiger partial charge < -0.3 is 9.30 Å². The zero-order valence-electron chi connectivity index (χ0n) is 17.9. The molecule has 0 aliphatic rings. The first kappa shape index (κ1) is 19.7. The maximum Gasteiger partial charge on any atom is 0.143 e. The minimum absolute atomic E-state index is 0.430. The Hall–Kier alpha value is -3.58. The van der Waals surface area contributed by atoms with Gasteiger partial charge in [-0.25, -0.2) is 4.98 Å². The first-order valence-electron chi connectivity index (χ1n) is 10.2. The fourth-order valence-corrected chi connectivity index (χ4v) is 4.12. The molecule has 30 heavy (non-hydrogen) atoms. The van der Waals surface area contributed by atoms with Crippen LogP contribution in [-0.4, -0.2) is 9.55 Å². The van der Waals surface area contributed by atoms with E-state index in [1.165, 1.54) is 0 Å². The Bertz CT molecular complexity index is 1260. The molecular weight excluding hydrogens is 370 g/mol. The van der Waals surface area contributed by atoms with Crippen LogP contribution in [0.2, 0.25) is 0 Å². The third-order valence-corrected chi connectivity index (χ3v) is 5.60. The lowest BCUT2D eigenvalue weighted by molar-refractivity contribution is 0.304. The Kier molecular flexibility index (Phi) is 5.29. The van der Waals surface area contributed by atoms with E-state index in [4.69, 9.17) is 4.74 Å². The van der Waals surface area contributed by atoms with E-state index in [0.717, 1.165) is 56.7 Å². The third kappa shape index (κ3) is 3.44. The van der Waals surface area contributed by atoms with Gasteiger partial charge in [0, 0.05) is 18.1 Å². The summed E-state index contributed by atoms with van der Waals surface area (Å²) in [5.41, 5.74) is 7.97. The van der Waals surface area contributed by atoms with Crippen molar-refractivity contribution in [3.8, 4) is 22.9 Å². The van der Waals surface area contributed by atoms with E-state index >= 15 is 0 Å². The highest BCUT2D eigenvalue weighted by Gasteiger charge is 2.19. The molecule has 2 aromatic heterocycles. The van der Waals surface area contributed by atoms with E-state index in [2.05, 4.69) is 67.7 Å². The van der Waals surface area contributed by atoms with Gasteiger partial charge in [-0.2, -0.15) is 5.26 Å². The predicted molar refractivity (Wildman–Crippen MR) is 121 cm³/mol. The van der Waals surface area contributed by atoms with Crippen molar-refractivity contribution in [2.75, 3.05) is 0 Å². The molecule has 0 fully saturated rings. The summed E-state index contributed by atoms with van der Waals surface area (Å²) in [5.74, 6) is 0.857. The number of hydrogen-bond acceptors (Lipinski definition) is 3. The minimum Gasteiger partial charge on any atom is -0.489 e. The van der Waals surface area contributed by atoms with Crippen LogP contribution in [0.15, 0.2) is 54.7 Å². The van der Waals surface area contributed by atoms with Gasteiger partial charge in [0.2, 0.25) is 0 Å². The zero-order valence-corrected chi connectivity index (χ0v) is 17.9. The van der Waals surface area contributed by atoms with Crippen molar-refractivity contribution in [3.63, 3.8) is 0 Å². The number of nitrogens with zero attached hydrogens (tertiary/aromatic N) is 3. The highest BCUT2D eigenvalue weighted by molar-refractivity contribution is 5.98. The summed E-state index contributed by atoms with van der Waals surface area (Å²) in [6, 6.07) is 18.4. The number of fused-ring (bicyclic) bond motifs is 1. The number of benzene rings is 2. The van der Waals surface area contributed by atoms with E-state index in [9.17, 15) is 5.26 Å². The van der Waals surface area contributed by atoms with Crippen molar-refractivity contribution in [3.05, 3.63) is 82.7 Å². The van der Waals surface area contributed by atoms with Crippen LogP contribution in [0.5, 0.6) is 5.75 Å². The second-order valence-corrected chi connectivity index (χ2v) is 7.62. The summed E-state index contributed by atoms with van der Waals surface area (Å²) in [6.45, 7) is 9.72. The molecule has 4 nitrogen and oxygen atoms in total. The van der Waals surface area contributed by atoms with E-state index < -0.39 is 0 Å². The molecule has 0 saturated heterocycles. The van der Waals surface area contributed by atoms with Gasteiger partial charge in [0.05, 0.1) is 0 Å². The smallest absolute Gasteiger partial charge is 0.143 e. The fourth-order valence-electron chi connectivity index (χ4n) is 4.12. The number of nitriles is 1. The lowest BCUT2D eigenvalue weighted by Crippen LogP contribution is -2.00. The standard InChI is InChI=1S/C26H25N3O/c1-5-29-15-18(3)25-22(13-21(14-27)28-26(25)29)24-17(2)11-12-23(19(24)4)30-16-20-9-7-6-8-10-20/h6-13,15H,5,16H2,1-4H3. The summed E-state index contributed by atoms with van der Waals surface area (Å²) >= 11 is 0. The van der Waals surface area contributed by atoms with E-state index in [1.807, 2.05) is 30.3 Å². The Morgan fingerprint density at radius 1 is 1.03 bits per heavy atom. The van der Waals surface area contributed by atoms with Crippen LogP contribution in [-0.2, 0) is 13.2 Å². The van der Waals surface area contributed by atoms with Gasteiger partial charge in [-0.15, -0.1) is 0 Å². The number of ether oxygens (including phenoxy) is 1. The highest BCUT2D eigenvalue weighted by Crippen LogP contribution is 2.39. The molecule has 4 aromatic rings. The molecule has 0 radical (unpaired) electrons. The molecule has 4 rings (SSSR count). The van der Waals surface area contributed by atoms with Gasteiger partial charge in [-0.1, -0.05) is 36.4 Å². The molecule has 0 amide bonds. The number of pyridine rings is 1. The summed E-state index contributed by atoms with van der Waals surface area (Å²) in [6.07, 6.45) is 2.11. The van der Waals surface area contributed by atoms with Crippen LogP contribution >= 0.6 is 0 Å². The average Bonchev–Trinajstić information content (AvgIpc) is 3.09. The quantitative estimate of drug-likeness (QED) is 0.410. The van der Waals surface area contributed by atoms with Crippen molar-refractivity contribution in [1.29, 1.82) is 5.26 Å². The molecule has 2 aromatic carbocycles. The second kappa shape index (κ2) is 8.04. The summed E-state index contributed by atoms with van der Waals surface area (Å²) in [7, 11) is 0. The predicted octanol–water partition coefficient (Wildman–Crippen LogP) is 6.10. The van der Waals surface area contributed by atoms with Crippen LogP contribution in [0, 0.1) is 32.1 Å². The van der Waals surface area contributed by atoms with Crippen molar-refractivity contribution in [2.24, 2.45) is 0 Å². The fraction of sp³-hybridized carbons (Fsp3) is 0.231. The summed E-state index contributed by atoms with van der Waals surface area (Å²) < 4.78 is 8.29. The monoisotopic (exact) mass is 395 g/mol. The molecule has 0 aliphatic heterocycles. The molecule has 2 heterocycles. The first-order chi connectivity index (χ1) is 14.5. The average molecular weight is 396 g/mol. The molecule has 4 heteroatoms. The van der Waals surface area contributed by atoms with Crippen LogP contribution in [0.25, 0.3) is 22.2 Å². The zero-order chi connectivity index (χ0) is 21.3. The Morgan fingerprint density at radius 2 is 1.80 bits per heavy atom. The molecule has 0 unspecified atom stereocenters. The molecule has 0 N–H and O–H groups in total. The Morgan fingerprint density at radius 3 is 2.50 bits per heavy atom. The third-order valence-electron chi connectivity index (χ3n) is 5.60. The first-order valence-corrected chi connectivity index (χ1v) is 10.2. The van der Waals surface area contributed by atoms with E-state index in [0.29, 0.717) is 12.3 Å². The van der Waals surface area contributed by atoms with Gasteiger partial charge in [0.15, 0.2) is 0 Å². The van der Waals surface area contributed by atoms with Gasteiger partial charge in [0.25, 0.3) is 0 Å². The SMILES string of the molecule is CCn1cc(C)c2c(-c3c(C)ccc(OCc4ccccc4)c3C)cc(C#N)nc21. The summed E-state index contributed by atoms with van der Waals surface area (Å²) in [4.78, 5) is 4.60. The van der Waals surface area contributed by atoms with Gasteiger partial charge >= 0.3 is 0 Å². The van der Waals surface area contributed by atoms with Gasteiger partial charge in [-0.3, -0.25) is 0 Å². The number of aromatic nitrogens is 2. The topological polar surface area (TPSA) is 50.8 Å². The molecule has 0 bridgehead atoms. The molecule has 0 saturated carbocycles. The molecular formula is C26H25N3O. The van der Waals surface area contributed by atoms with Crippen LogP contribution in [0.3, 0.4) is 0 Å². The van der Waals surface area contributed by atoms with Crippen molar-refractivity contribution in [2.45, 2.75) is 40.8 Å². The van der Waals surface area contributed by atoms with Crippen molar-refractivity contribution >= 4 is 11.0 Å². The Labute approximate surface area is 177 Å². The lowest BCUT2D eigenvalue weighted by atomic mass is 9.92. The normalized spacial score (nSPS) is 10.9. The van der Waals surface area contributed by atoms with Crippen LogP contribution in [0.1, 0.15) is 34.9 Å². The number of rotatable bonds is 5. The van der Waals surface area contributed by atoms with Gasteiger partial charge in [-0.05, 0) is 73.2 Å². The minimum atomic E-state index is 0.430. The highest BCUT2D eigenvalue weighted by atomic mass is 16.5. The summed E-state index contributed by atoms with van der Waals surface area (Å²) in [5, 5.41) is 10.7. The lowest BCUT2D eigenvalue weighted by Gasteiger charge is -2.17. The Balaban J connectivity index is 1.87. The number of hydrogen-bond donors (Lipinski definition) is 0. The van der Waals surface area contributed by atoms with Crippen LogP contribution < -0.4 is 4.74 Å². The molecule has 0 spiro atoms. The molecule has 0 atom stereocenters. The molecule has 150 valence electrons. The second-order valence-electron chi connectivity index (χ2n) is 7.62. The van der Waals surface area contributed by atoms with E-state index in [-0.39, 0.29) is 0 Å². The maximum atomic E-state index is 9.60. The van der Waals surface area contributed by atoms with Gasteiger partial charge in [0.1, 0.15) is 29.8 Å². The van der Waals surface area contributed by atoms with Crippen LogP contribution in [0.4, 0.5) is 0 Å². The van der Waals surface area contributed by atoms with Crippen molar-refractivity contribution in [1.82, 2.24) is 9.55 Å². The molecule has 0 aliphatic carbocycles. The van der Waals surface area contributed by atoms with Crippen molar-refractivity contribution < 1.29 is 4.74 Å². The number of aryl methyl sites for hydroxylation is 3.